The fourth-order valence-electron chi connectivity index (χ4n) is 2.68. The van der Waals surface area contributed by atoms with E-state index in [-0.39, 0.29) is 29.2 Å². The van der Waals surface area contributed by atoms with Gasteiger partial charge in [-0.05, 0) is 37.3 Å². The van der Waals surface area contributed by atoms with Gasteiger partial charge in [0.05, 0.1) is 23.7 Å². The summed E-state index contributed by atoms with van der Waals surface area (Å²) in [7, 11) is -3.68. The minimum absolute atomic E-state index is 0.0682. The SMILES string of the molecule is C[C@H](OC(=O)c1ccncc1)C(=O)Nc1cccc(S(=O)(=O)N2CCOCC2)c1. The van der Waals surface area contributed by atoms with Crippen LogP contribution in [0.15, 0.2) is 53.7 Å². The number of pyridine rings is 1. The van der Waals surface area contributed by atoms with E-state index < -0.39 is 28.0 Å². The fourth-order valence-corrected chi connectivity index (χ4v) is 4.14. The van der Waals surface area contributed by atoms with Crippen LogP contribution in [0.1, 0.15) is 17.3 Å². The third-order valence-corrected chi connectivity index (χ3v) is 6.17. The maximum Gasteiger partial charge on any atom is 0.339 e. The molecule has 1 atom stereocenters. The summed E-state index contributed by atoms with van der Waals surface area (Å²) in [5, 5.41) is 2.58. The maximum absolute atomic E-state index is 12.7. The number of hydrogen-bond acceptors (Lipinski definition) is 7. The Hall–Kier alpha value is -2.82. The zero-order valence-electron chi connectivity index (χ0n) is 15.8. The van der Waals surface area contributed by atoms with Crippen molar-refractivity contribution in [3.8, 4) is 0 Å². The van der Waals surface area contributed by atoms with Crippen molar-refractivity contribution >= 4 is 27.6 Å². The lowest BCUT2D eigenvalue weighted by atomic mass is 10.2. The van der Waals surface area contributed by atoms with E-state index in [1.165, 1.54) is 54.0 Å². The number of morpholine rings is 1. The fraction of sp³-hybridized carbons (Fsp3) is 0.316. The third-order valence-electron chi connectivity index (χ3n) is 4.28. The largest absolute Gasteiger partial charge is 0.449 e. The van der Waals surface area contributed by atoms with Crippen LogP contribution >= 0.6 is 0 Å². The first-order valence-electron chi connectivity index (χ1n) is 8.98. The number of hydrogen-bond donors (Lipinski definition) is 1. The normalized spacial score (nSPS) is 16.0. The number of amides is 1. The number of nitrogens with zero attached hydrogens (tertiary/aromatic N) is 2. The molecule has 1 aromatic carbocycles. The number of sulfonamides is 1. The molecule has 2 heterocycles. The van der Waals surface area contributed by atoms with E-state index in [1.54, 1.807) is 6.07 Å². The van der Waals surface area contributed by atoms with E-state index in [2.05, 4.69) is 10.3 Å². The molecule has 10 heteroatoms. The van der Waals surface area contributed by atoms with Gasteiger partial charge in [0.1, 0.15) is 0 Å². The van der Waals surface area contributed by atoms with E-state index in [1.807, 2.05) is 0 Å². The molecule has 0 aliphatic carbocycles. The molecule has 3 rings (SSSR count). The molecule has 0 spiro atoms. The van der Waals surface area contributed by atoms with Crippen LogP contribution in [-0.2, 0) is 24.3 Å². The van der Waals surface area contributed by atoms with Gasteiger partial charge < -0.3 is 14.8 Å². The van der Waals surface area contributed by atoms with Crippen LogP contribution in [0.25, 0.3) is 0 Å². The average molecular weight is 419 g/mol. The lowest BCUT2D eigenvalue weighted by Crippen LogP contribution is -2.40. The Morgan fingerprint density at radius 2 is 1.86 bits per heavy atom. The molecule has 0 bridgehead atoms. The summed E-state index contributed by atoms with van der Waals surface area (Å²) in [5.41, 5.74) is 0.564. The van der Waals surface area contributed by atoms with Gasteiger partial charge in [-0.2, -0.15) is 4.31 Å². The number of anilines is 1. The Morgan fingerprint density at radius 3 is 2.55 bits per heavy atom. The third kappa shape index (κ3) is 5.17. The van der Waals surface area contributed by atoms with E-state index in [0.29, 0.717) is 13.2 Å². The molecule has 1 amide bonds. The molecule has 0 saturated carbocycles. The molecule has 29 heavy (non-hydrogen) atoms. The van der Waals surface area contributed by atoms with Gasteiger partial charge in [0.15, 0.2) is 6.10 Å². The Balaban J connectivity index is 1.66. The molecule has 154 valence electrons. The van der Waals surface area contributed by atoms with Gasteiger partial charge in [0.25, 0.3) is 5.91 Å². The molecular weight excluding hydrogens is 398 g/mol. The first-order valence-corrected chi connectivity index (χ1v) is 10.4. The Morgan fingerprint density at radius 1 is 1.17 bits per heavy atom. The van der Waals surface area contributed by atoms with Crippen LogP contribution in [0.3, 0.4) is 0 Å². The highest BCUT2D eigenvalue weighted by atomic mass is 32.2. The van der Waals surface area contributed by atoms with Crippen molar-refractivity contribution in [3.05, 3.63) is 54.4 Å². The first kappa shape index (κ1) is 20.9. The van der Waals surface area contributed by atoms with Crippen molar-refractivity contribution in [2.45, 2.75) is 17.9 Å². The van der Waals surface area contributed by atoms with Gasteiger partial charge in [0, 0.05) is 31.2 Å². The van der Waals surface area contributed by atoms with Gasteiger partial charge in [-0.3, -0.25) is 9.78 Å². The number of carbonyl (C=O) groups excluding carboxylic acids is 2. The number of aromatic nitrogens is 1. The second-order valence-electron chi connectivity index (χ2n) is 6.32. The van der Waals surface area contributed by atoms with Gasteiger partial charge in [-0.25, -0.2) is 13.2 Å². The number of ether oxygens (including phenoxy) is 2. The summed E-state index contributed by atoms with van der Waals surface area (Å²) >= 11 is 0. The monoisotopic (exact) mass is 419 g/mol. The molecule has 1 aliphatic heterocycles. The molecule has 1 N–H and O–H groups in total. The summed E-state index contributed by atoms with van der Waals surface area (Å²) in [6.45, 7) is 2.68. The Bertz CT molecular complexity index is 974. The summed E-state index contributed by atoms with van der Waals surface area (Å²) in [6, 6.07) is 8.90. The van der Waals surface area contributed by atoms with Crippen molar-refractivity contribution in [2.24, 2.45) is 0 Å². The van der Waals surface area contributed by atoms with Crippen molar-refractivity contribution < 1.29 is 27.5 Å². The van der Waals surface area contributed by atoms with Crippen molar-refractivity contribution in [2.75, 3.05) is 31.6 Å². The predicted octanol–water partition coefficient (Wildman–Crippen LogP) is 1.29. The second-order valence-corrected chi connectivity index (χ2v) is 8.25. The highest BCUT2D eigenvalue weighted by molar-refractivity contribution is 7.89. The highest BCUT2D eigenvalue weighted by Gasteiger charge is 2.27. The zero-order chi connectivity index (χ0) is 20.9. The lowest BCUT2D eigenvalue weighted by Gasteiger charge is -2.26. The minimum Gasteiger partial charge on any atom is -0.449 e. The molecule has 9 nitrogen and oxygen atoms in total. The summed E-state index contributed by atoms with van der Waals surface area (Å²) < 4.78 is 37.2. The van der Waals surface area contributed by atoms with Crippen LogP contribution in [0.5, 0.6) is 0 Å². The number of nitrogens with one attached hydrogen (secondary N) is 1. The molecular formula is C19H21N3O6S. The topological polar surface area (TPSA) is 115 Å². The first-order chi connectivity index (χ1) is 13.9. The predicted molar refractivity (Wildman–Crippen MR) is 104 cm³/mol. The Labute approximate surface area is 168 Å². The smallest absolute Gasteiger partial charge is 0.339 e. The van der Waals surface area contributed by atoms with Gasteiger partial charge in [-0.15, -0.1) is 0 Å². The van der Waals surface area contributed by atoms with Gasteiger partial charge in [-0.1, -0.05) is 6.07 Å². The van der Waals surface area contributed by atoms with E-state index in [9.17, 15) is 18.0 Å². The van der Waals surface area contributed by atoms with Gasteiger partial charge in [0.2, 0.25) is 10.0 Å². The molecule has 1 aliphatic rings. The van der Waals surface area contributed by atoms with Crippen LogP contribution in [0.2, 0.25) is 0 Å². The summed E-state index contributed by atoms with van der Waals surface area (Å²) in [5.74, 6) is -1.23. The number of rotatable bonds is 6. The molecule has 1 fully saturated rings. The van der Waals surface area contributed by atoms with Crippen molar-refractivity contribution in [1.29, 1.82) is 0 Å². The molecule has 1 saturated heterocycles. The Kier molecular flexibility index (Phi) is 6.57. The van der Waals surface area contributed by atoms with Crippen molar-refractivity contribution in [1.82, 2.24) is 9.29 Å². The molecule has 0 radical (unpaired) electrons. The molecule has 2 aromatic rings. The standard InChI is InChI=1S/C19H21N3O6S/c1-14(28-19(24)15-5-7-20-8-6-15)18(23)21-16-3-2-4-17(13-16)29(25,26)22-9-11-27-12-10-22/h2-8,13-14H,9-12H2,1H3,(H,21,23)/t14-/m0/s1. The molecule has 1 aromatic heterocycles. The minimum atomic E-state index is -3.68. The average Bonchev–Trinajstić information content (AvgIpc) is 2.75. The highest BCUT2D eigenvalue weighted by Crippen LogP contribution is 2.21. The second kappa shape index (κ2) is 9.12. The summed E-state index contributed by atoms with van der Waals surface area (Å²) in [4.78, 5) is 28.3. The number of benzene rings is 1. The zero-order valence-corrected chi connectivity index (χ0v) is 16.6. The summed E-state index contributed by atoms with van der Waals surface area (Å²) in [6.07, 6.45) is 1.82. The van der Waals surface area contributed by atoms with E-state index >= 15 is 0 Å². The number of esters is 1. The molecule has 0 unspecified atom stereocenters. The maximum atomic E-state index is 12.7. The lowest BCUT2D eigenvalue weighted by molar-refractivity contribution is -0.123. The quantitative estimate of drug-likeness (QED) is 0.702. The van der Waals surface area contributed by atoms with E-state index in [0.717, 1.165) is 0 Å². The van der Waals surface area contributed by atoms with Crippen molar-refractivity contribution in [3.63, 3.8) is 0 Å². The van der Waals surface area contributed by atoms with Gasteiger partial charge >= 0.3 is 5.97 Å². The van der Waals surface area contributed by atoms with Crippen LogP contribution < -0.4 is 5.32 Å². The van der Waals surface area contributed by atoms with Crippen LogP contribution in [0, 0.1) is 0 Å². The van der Waals surface area contributed by atoms with E-state index in [4.69, 9.17) is 9.47 Å². The van der Waals surface area contributed by atoms with Crippen LogP contribution in [-0.4, -0.2) is 62.0 Å². The number of carbonyl (C=O) groups is 2. The van der Waals surface area contributed by atoms with Crippen LogP contribution in [0.4, 0.5) is 5.69 Å².